The van der Waals surface area contributed by atoms with Crippen LogP contribution in [0.1, 0.15) is 41.6 Å². The smallest absolute Gasteiger partial charge is 0.251 e. The molecule has 0 aliphatic heterocycles. The number of nitrogens with one attached hydrogen (secondary N) is 2. The SMILES string of the molecule is CCn1c(SCC(=O)Nc2ccc(C)cc2)nnc1[C@@H](C)NC(=O)c1ccc(Cl)cc1. The summed E-state index contributed by atoms with van der Waals surface area (Å²) in [6.45, 7) is 6.43. The first-order chi connectivity index (χ1) is 14.9. The first kappa shape index (κ1) is 22.8. The molecular formula is C22H24ClN5O2S. The number of carbonyl (C=O) groups is 2. The third-order valence-electron chi connectivity index (χ3n) is 4.57. The van der Waals surface area contributed by atoms with E-state index in [0.717, 1.165) is 11.3 Å². The first-order valence-electron chi connectivity index (χ1n) is 9.86. The van der Waals surface area contributed by atoms with E-state index in [9.17, 15) is 9.59 Å². The number of thioether (sulfide) groups is 1. The molecule has 3 aromatic rings. The molecule has 0 unspecified atom stereocenters. The summed E-state index contributed by atoms with van der Waals surface area (Å²) in [5.74, 6) is 0.496. The first-order valence-corrected chi connectivity index (χ1v) is 11.2. The van der Waals surface area contributed by atoms with Crippen LogP contribution in [-0.4, -0.2) is 32.3 Å². The fourth-order valence-corrected chi connectivity index (χ4v) is 3.87. The molecule has 1 heterocycles. The summed E-state index contributed by atoms with van der Waals surface area (Å²) in [4.78, 5) is 24.8. The Hall–Kier alpha value is -2.84. The van der Waals surface area contributed by atoms with Crippen LogP contribution in [0.3, 0.4) is 0 Å². The van der Waals surface area contributed by atoms with Gasteiger partial charge in [0.25, 0.3) is 5.91 Å². The number of halogens is 1. The third kappa shape index (κ3) is 6.08. The second kappa shape index (κ2) is 10.5. The van der Waals surface area contributed by atoms with E-state index in [2.05, 4.69) is 20.8 Å². The zero-order valence-corrected chi connectivity index (χ0v) is 19.1. The van der Waals surface area contributed by atoms with Gasteiger partial charge in [0.05, 0.1) is 11.8 Å². The molecule has 162 valence electrons. The Bertz CT molecular complexity index is 1050. The average molecular weight is 458 g/mol. The maximum Gasteiger partial charge on any atom is 0.251 e. The van der Waals surface area contributed by atoms with Gasteiger partial charge in [-0.3, -0.25) is 9.59 Å². The van der Waals surface area contributed by atoms with Crippen LogP contribution in [0.5, 0.6) is 0 Å². The maximum absolute atomic E-state index is 12.5. The molecule has 1 aromatic heterocycles. The van der Waals surface area contributed by atoms with Gasteiger partial charge in [-0.1, -0.05) is 41.1 Å². The summed E-state index contributed by atoms with van der Waals surface area (Å²) in [6.07, 6.45) is 0. The van der Waals surface area contributed by atoms with Crippen LogP contribution in [0.15, 0.2) is 53.7 Å². The maximum atomic E-state index is 12.5. The molecule has 2 aromatic carbocycles. The van der Waals surface area contributed by atoms with Gasteiger partial charge < -0.3 is 15.2 Å². The second-order valence-electron chi connectivity index (χ2n) is 6.99. The number of amides is 2. The van der Waals surface area contributed by atoms with E-state index < -0.39 is 0 Å². The highest BCUT2D eigenvalue weighted by molar-refractivity contribution is 7.99. The predicted octanol–water partition coefficient (Wildman–Crippen LogP) is 4.48. The normalized spacial score (nSPS) is 11.7. The summed E-state index contributed by atoms with van der Waals surface area (Å²) >= 11 is 7.19. The lowest BCUT2D eigenvalue weighted by Gasteiger charge is -2.15. The standard InChI is InChI=1S/C22H24ClN5O2S/c1-4-28-20(15(3)24-21(30)16-7-9-17(23)10-8-16)26-27-22(28)31-13-19(29)25-18-11-5-14(2)6-12-18/h5-12,15H,4,13H2,1-3H3,(H,24,30)(H,25,29)/t15-/m1/s1. The molecule has 9 heteroatoms. The van der Waals surface area contributed by atoms with E-state index in [1.165, 1.54) is 11.8 Å². The highest BCUT2D eigenvalue weighted by Crippen LogP contribution is 2.21. The Morgan fingerprint density at radius 3 is 2.42 bits per heavy atom. The van der Waals surface area contributed by atoms with Crippen LogP contribution in [0.25, 0.3) is 0 Å². The largest absolute Gasteiger partial charge is 0.342 e. The number of benzene rings is 2. The van der Waals surface area contributed by atoms with E-state index >= 15 is 0 Å². The van der Waals surface area contributed by atoms with Gasteiger partial charge in [0, 0.05) is 22.8 Å². The van der Waals surface area contributed by atoms with Crippen molar-refractivity contribution in [1.29, 1.82) is 0 Å². The average Bonchev–Trinajstić information content (AvgIpc) is 3.17. The lowest BCUT2D eigenvalue weighted by atomic mass is 10.2. The molecule has 0 bridgehead atoms. The number of nitrogens with zero attached hydrogens (tertiary/aromatic N) is 3. The minimum Gasteiger partial charge on any atom is -0.342 e. The number of aromatic nitrogens is 3. The fraction of sp³-hybridized carbons (Fsp3) is 0.273. The molecule has 0 aliphatic rings. The molecule has 0 fully saturated rings. The molecule has 0 saturated carbocycles. The summed E-state index contributed by atoms with van der Waals surface area (Å²) in [6, 6.07) is 14.0. The van der Waals surface area contributed by atoms with Crippen molar-refractivity contribution in [2.75, 3.05) is 11.1 Å². The van der Waals surface area contributed by atoms with Crippen molar-refractivity contribution in [2.24, 2.45) is 0 Å². The highest BCUT2D eigenvalue weighted by atomic mass is 35.5. The summed E-state index contributed by atoms with van der Waals surface area (Å²) in [5, 5.41) is 15.5. The minimum atomic E-state index is -0.355. The van der Waals surface area contributed by atoms with Crippen molar-refractivity contribution in [3.05, 3.63) is 70.5 Å². The Morgan fingerprint density at radius 1 is 1.10 bits per heavy atom. The van der Waals surface area contributed by atoms with Crippen LogP contribution in [0.2, 0.25) is 5.02 Å². The molecule has 0 spiro atoms. The molecular weight excluding hydrogens is 434 g/mol. The van der Waals surface area contributed by atoms with Gasteiger partial charge in [-0.25, -0.2) is 0 Å². The minimum absolute atomic E-state index is 0.120. The van der Waals surface area contributed by atoms with Crippen LogP contribution >= 0.6 is 23.4 Å². The number of anilines is 1. The zero-order chi connectivity index (χ0) is 22.4. The highest BCUT2D eigenvalue weighted by Gasteiger charge is 2.20. The molecule has 0 radical (unpaired) electrons. The third-order valence-corrected chi connectivity index (χ3v) is 5.79. The quantitative estimate of drug-likeness (QED) is 0.487. The van der Waals surface area contributed by atoms with Gasteiger partial charge in [0.2, 0.25) is 5.91 Å². The van der Waals surface area contributed by atoms with Gasteiger partial charge in [0.15, 0.2) is 11.0 Å². The van der Waals surface area contributed by atoms with Crippen molar-refractivity contribution in [2.45, 2.75) is 38.5 Å². The predicted molar refractivity (Wildman–Crippen MR) is 124 cm³/mol. The molecule has 31 heavy (non-hydrogen) atoms. The van der Waals surface area contributed by atoms with E-state index in [0.29, 0.717) is 28.1 Å². The van der Waals surface area contributed by atoms with Gasteiger partial charge >= 0.3 is 0 Å². The topological polar surface area (TPSA) is 88.9 Å². The van der Waals surface area contributed by atoms with E-state index in [4.69, 9.17) is 11.6 Å². The van der Waals surface area contributed by atoms with Crippen molar-refractivity contribution in [1.82, 2.24) is 20.1 Å². The van der Waals surface area contributed by atoms with E-state index in [-0.39, 0.29) is 23.6 Å². The Labute approximate surface area is 190 Å². The van der Waals surface area contributed by atoms with Crippen LogP contribution in [0, 0.1) is 6.92 Å². The Balaban J connectivity index is 1.61. The van der Waals surface area contributed by atoms with Gasteiger partial charge in [-0.15, -0.1) is 10.2 Å². The van der Waals surface area contributed by atoms with Crippen molar-refractivity contribution in [3.63, 3.8) is 0 Å². The number of hydrogen-bond acceptors (Lipinski definition) is 5. The van der Waals surface area contributed by atoms with Gasteiger partial charge in [0.1, 0.15) is 0 Å². The van der Waals surface area contributed by atoms with E-state index in [1.807, 2.05) is 49.6 Å². The molecule has 2 amide bonds. The Kier molecular flexibility index (Phi) is 7.70. The summed E-state index contributed by atoms with van der Waals surface area (Å²) in [7, 11) is 0. The fourth-order valence-electron chi connectivity index (χ4n) is 2.93. The zero-order valence-electron chi connectivity index (χ0n) is 17.6. The molecule has 0 saturated heterocycles. The van der Waals surface area contributed by atoms with E-state index in [1.54, 1.807) is 24.3 Å². The lowest BCUT2D eigenvalue weighted by Crippen LogP contribution is -2.28. The van der Waals surface area contributed by atoms with Gasteiger partial charge in [-0.05, 0) is 57.2 Å². The number of carbonyl (C=O) groups excluding carboxylic acids is 2. The van der Waals surface area contributed by atoms with Crippen LogP contribution in [0.4, 0.5) is 5.69 Å². The summed E-state index contributed by atoms with van der Waals surface area (Å²) in [5.41, 5.74) is 2.40. The molecule has 0 aliphatic carbocycles. The van der Waals surface area contributed by atoms with Crippen molar-refractivity contribution < 1.29 is 9.59 Å². The Morgan fingerprint density at radius 2 is 1.77 bits per heavy atom. The molecule has 2 N–H and O–H groups in total. The molecule has 3 rings (SSSR count). The number of rotatable bonds is 8. The monoisotopic (exact) mass is 457 g/mol. The van der Waals surface area contributed by atoms with Crippen LogP contribution < -0.4 is 10.6 Å². The van der Waals surface area contributed by atoms with Crippen LogP contribution in [-0.2, 0) is 11.3 Å². The molecule has 7 nitrogen and oxygen atoms in total. The second-order valence-corrected chi connectivity index (χ2v) is 8.37. The van der Waals surface area contributed by atoms with Gasteiger partial charge in [-0.2, -0.15) is 0 Å². The summed E-state index contributed by atoms with van der Waals surface area (Å²) < 4.78 is 1.90. The number of aryl methyl sites for hydroxylation is 1. The molecule has 1 atom stereocenters. The van der Waals surface area contributed by atoms with Crippen molar-refractivity contribution >= 4 is 40.9 Å². The lowest BCUT2D eigenvalue weighted by molar-refractivity contribution is -0.113. The van der Waals surface area contributed by atoms with Crippen molar-refractivity contribution in [3.8, 4) is 0 Å². The number of hydrogen-bond donors (Lipinski definition) is 2.